The lowest BCUT2D eigenvalue weighted by Gasteiger charge is -2.00. The Bertz CT molecular complexity index is 152. The van der Waals surface area contributed by atoms with E-state index < -0.39 is 0 Å². The van der Waals surface area contributed by atoms with Crippen LogP contribution in [0.5, 0.6) is 0 Å². The molecule has 0 atom stereocenters. The third kappa shape index (κ3) is 3.91. The number of hydrogen-bond acceptors (Lipinski definition) is 1. The van der Waals surface area contributed by atoms with E-state index in [1.165, 1.54) is 25.7 Å². The topological polar surface area (TPSA) is 29.4 Å². The van der Waals surface area contributed by atoms with Crippen LogP contribution in [-0.4, -0.2) is 12.1 Å². The summed E-state index contributed by atoms with van der Waals surface area (Å²) in [7, 11) is 0. The van der Waals surface area contributed by atoms with Gasteiger partial charge in [0.1, 0.15) is 0 Å². The van der Waals surface area contributed by atoms with Crippen molar-refractivity contribution in [3.05, 3.63) is 0 Å². The molecule has 0 fully saturated rings. The molecule has 1 aliphatic rings. The third-order valence-electron chi connectivity index (χ3n) is 1.96. The fourth-order valence-corrected chi connectivity index (χ4v) is 1.27. The minimum atomic E-state index is 0.0619. The predicted octanol–water partition coefficient (Wildman–Crippen LogP) is 2.33. The summed E-state index contributed by atoms with van der Waals surface area (Å²) in [5.41, 5.74) is 0. The molecule has 1 rings (SSSR count). The fourth-order valence-electron chi connectivity index (χ4n) is 1.27. The number of carbonyl (C=O) groups is 1. The highest BCUT2D eigenvalue weighted by Gasteiger charge is 1.99. The van der Waals surface area contributed by atoms with Crippen LogP contribution in [0, 0.1) is 0 Å². The van der Waals surface area contributed by atoms with Crippen molar-refractivity contribution >= 4 is 12.1 Å². The van der Waals surface area contributed by atoms with Gasteiger partial charge in [-0.1, -0.05) is 19.3 Å². The molecule has 11 heavy (non-hydrogen) atoms. The second kappa shape index (κ2) is 5.05. The summed E-state index contributed by atoms with van der Waals surface area (Å²) in [6.07, 6.45) is 9.38. The van der Waals surface area contributed by atoms with Crippen LogP contribution in [0.4, 0.5) is 0 Å². The summed E-state index contributed by atoms with van der Waals surface area (Å²) in [5, 5.41) is 0. The maximum atomic E-state index is 10.9. The zero-order chi connectivity index (χ0) is 7.94. The normalized spacial score (nSPS) is 21.6. The molecule has 0 aromatic carbocycles. The van der Waals surface area contributed by atoms with Gasteiger partial charge in [0.2, 0.25) is 5.91 Å². The van der Waals surface area contributed by atoms with E-state index in [0.717, 1.165) is 12.8 Å². The van der Waals surface area contributed by atoms with E-state index in [1.54, 1.807) is 6.21 Å². The number of amides is 1. The Hall–Kier alpha value is -0.660. The minimum absolute atomic E-state index is 0.0619. The summed E-state index contributed by atoms with van der Waals surface area (Å²) in [6, 6.07) is 0. The van der Waals surface area contributed by atoms with E-state index >= 15 is 0 Å². The molecular weight excluding hydrogens is 138 g/mol. The molecule has 1 amide bonds. The summed E-state index contributed by atoms with van der Waals surface area (Å²) >= 11 is 0. The second-order valence-corrected chi connectivity index (χ2v) is 3.01. The van der Waals surface area contributed by atoms with Crippen LogP contribution in [0.2, 0.25) is 0 Å². The quantitative estimate of drug-likeness (QED) is 0.525. The first kappa shape index (κ1) is 8.44. The average molecular weight is 153 g/mol. The molecule has 1 aliphatic heterocycles. The predicted molar refractivity (Wildman–Crippen MR) is 45.8 cm³/mol. The SMILES string of the molecule is O=C1CCCCCCCC=N1. The zero-order valence-corrected chi connectivity index (χ0v) is 6.88. The maximum absolute atomic E-state index is 10.9. The molecule has 0 saturated heterocycles. The Labute approximate surface area is 67.7 Å². The number of aliphatic imine (C=N–C) groups is 1. The first-order valence-corrected chi connectivity index (χ1v) is 4.45. The van der Waals surface area contributed by atoms with Crippen molar-refractivity contribution in [1.29, 1.82) is 0 Å². The van der Waals surface area contributed by atoms with Crippen LogP contribution in [0.15, 0.2) is 4.99 Å². The van der Waals surface area contributed by atoms with Crippen molar-refractivity contribution in [3.8, 4) is 0 Å². The van der Waals surface area contributed by atoms with Gasteiger partial charge in [0.25, 0.3) is 0 Å². The van der Waals surface area contributed by atoms with Gasteiger partial charge in [0, 0.05) is 12.6 Å². The van der Waals surface area contributed by atoms with Crippen molar-refractivity contribution in [2.45, 2.75) is 44.9 Å². The van der Waals surface area contributed by atoms with E-state index in [4.69, 9.17) is 0 Å². The second-order valence-electron chi connectivity index (χ2n) is 3.01. The monoisotopic (exact) mass is 153 g/mol. The molecule has 2 nitrogen and oxygen atoms in total. The number of carbonyl (C=O) groups excluding carboxylic acids is 1. The maximum Gasteiger partial charge on any atom is 0.245 e. The number of nitrogens with zero attached hydrogens (tertiary/aromatic N) is 1. The molecule has 2 heteroatoms. The Morgan fingerprint density at radius 3 is 2.73 bits per heavy atom. The Kier molecular flexibility index (Phi) is 3.87. The van der Waals surface area contributed by atoms with E-state index in [9.17, 15) is 4.79 Å². The van der Waals surface area contributed by atoms with Crippen LogP contribution < -0.4 is 0 Å². The zero-order valence-electron chi connectivity index (χ0n) is 6.88. The van der Waals surface area contributed by atoms with Gasteiger partial charge < -0.3 is 0 Å². The molecule has 0 aromatic rings. The van der Waals surface area contributed by atoms with E-state index in [2.05, 4.69) is 4.99 Å². The van der Waals surface area contributed by atoms with E-state index in [1.807, 2.05) is 0 Å². The highest BCUT2D eigenvalue weighted by Crippen LogP contribution is 2.08. The van der Waals surface area contributed by atoms with Crippen molar-refractivity contribution in [2.24, 2.45) is 4.99 Å². The van der Waals surface area contributed by atoms with Crippen molar-refractivity contribution in [1.82, 2.24) is 0 Å². The van der Waals surface area contributed by atoms with Crippen LogP contribution in [0.25, 0.3) is 0 Å². The van der Waals surface area contributed by atoms with Gasteiger partial charge in [-0.15, -0.1) is 0 Å². The van der Waals surface area contributed by atoms with Crippen molar-refractivity contribution < 1.29 is 4.79 Å². The van der Waals surface area contributed by atoms with Crippen molar-refractivity contribution in [3.63, 3.8) is 0 Å². The van der Waals surface area contributed by atoms with Crippen LogP contribution in [-0.2, 0) is 4.79 Å². The molecule has 0 aliphatic carbocycles. The van der Waals surface area contributed by atoms with Gasteiger partial charge >= 0.3 is 0 Å². The lowest BCUT2D eigenvalue weighted by Crippen LogP contribution is -1.95. The van der Waals surface area contributed by atoms with E-state index in [-0.39, 0.29) is 5.91 Å². The molecule has 62 valence electrons. The summed E-state index contributed by atoms with van der Waals surface area (Å²) < 4.78 is 0. The first-order valence-electron chi connectivity index (χ1n) is 4.45. The van der Waals surface area contributed by atoms with Gasteiger partial charge in [-0.2, -0.15) is 0 Å². The Morgan fingerprint density at radius 2 is 1.82 bits per heavy atom. The van der Waals surface area contributed by atoms with E-state index in [0.29, 0.717) is 6.42 Å². The molecule has 0 saturated carbocycles. The molecule has 0 bridgehead atoms. The van der Waals surface area contributed by atoms with Gasteiger partial charge in [-0.3, -0.25) is 4.79 Å². The Morgan fingerprint density at radius 1 is 1.09 bits per heavy atom. The average Bonchev–Trinajstić information content (AvgIpc) is 2.03. The molecule has 0 radical (unpaired) electrons. The first-order chi connectivity index (χ1) is 5.39. The van der Waals surface area contributed by atoms with Crippen LogP contribution in [0.1, 0.15) is 44.9 Å². The molecule has 0 aromatic heterocycles. The Balaban J connectivity index is 2.32. The third-order valence-corrected chi connectivity index (χ3v) is 1.96. The van der Waals surface area contributed by atoms with Gasteiger partial charge in [-0.05, 0) is 19.3 Å². The largest absolute Gasteiger partial charge is 0.273 e. The summed E-state index contributed by atoms with van der Waals surface area (Å²) in [5.74, 6) is 0.0619. The van der Waals surface area contributed by atoms with Crippen LogP contribution in [0.3, 0.4) is 0 Å². The van der Waals surface area contributed by atoms with Crippen molar-refractivity contribution in [2.75, 3.05) is 0 Å². The number of rotatable bonds is 0. The highest BCUT2D eigenvalue weighted by atomic mass is 16.1. The molecule has 0 spiro atoms. The molecule has 0 unspecified atom stereocenters. The smallest absolute Gasteiger partial charge is 0.245 e. The summed E-state index contributed by atoms with van der Waals surface area (Å²) in [6.45, 7) is 0. The van der Waals surface area contributed by atoms with Gasteiger partial charge in [0.05, 0.1) is 0 Å². The lowest BCUT2D eigenvalue weighted by molar-refractivity contribution is -0.117. The van der Waals surface area contributed by atoms with Crippen LogP contribution >= 0.6 is 0 Å². The lowest BCUT2D eigenvalue weighted by atomic mass is 10.1. The summed E-state index contributed by atoms with van der Waals surface area (Å²) in [4.78, 5) is 14.7. The highest BCUT2D eigenvalue weighted by molar-refractivity contribution is 5.84. The standard InChI is InChI=1S/C9H15NO/c11-9-7-5-3-1-2-4-6-8-10-9/h8H,1-7H2. The van der Waals surface area contributed by atoms with Gasteiger partial charge in [-0.25, -0.2) is 4.99 Å². The number of hydrogen-bond donors (Lipinski definition) is 0. The molecule has 1 heterocycles. The molecule has 0 N–H and O–H groups in total. The van der Waals surface area contributed by atoms with Gasteiger partial charge in [0.15, 0.2) is 0 Å². The molecular formula is C9H15NO. The minimum Gasteiger partial charge on any atom is -0.273 e. The fraction of sp³-hybridized carbons (Fsp3) is 0.778.